The first kappa shape index (κ1) is 26.8. The van der Waals surface area contributed by atoms with Gasteiger partial charge in [-0.1, -0.05) is 55.7 Å². The number of ether oxygens (including phenoxy) is 2. The van der Waals surface area contributed by atoms with Crippen LogP contribution in [0.1, 0.15) is 62.5 Å². The summed E-state index contributed by atoms with van der Waals surface area (Å²) in [5.74, 6) is 4.44. The van der Waals surface area contributed by atoms with Gasteiger partial charge in [-0.15, -0.1) is 0 Å². The predicted molar refractivity (Wildman–Crippen MR) is 142 cm³/mol. The topological polar surface area (TPSA) is 42.2 Å². The van der Waals surface area contributed by atoms with E-state index in [1.54, 1.807) is 0 Å². The highest BCUT2D eigenvalue weighted by Gasteiger charge is 2.53. The maximum absolute atomic E-state index is 10.8. The minimum absolute atomic E-state index is 0. The molecule has 1 saturated heterocycles. The molecule has 2 aromatic carbocycles. The SMILES string of the molecule is C[N+]1(CCc2ccc3c(c2)OCO3)CC2CCC(C1)C2CC(C#N)(c1ccccc1)C1CCCCC1.[I-]. The van der Waals surface area contributed by atoms with Gasteiger partial charge in [0.2, 0.25) is 6.79 Å². The van der Waals surface area contributed by atoms with E-state index in [0.717, 1.165) is 40.7 Å². The van der Waals surface area contributed by atoms with Crippen LogP contribution in [0.25, 0.3) is 0 Å². The van der Waals surface area contributed by atoms with Crippen LogP contribution >= 0.6 is 0 Å². The van der Waals surface area contributed by atoms with Gasteiger partial charge in [-0.25, -0.2) is 0 Å². The Morgan fingerprint density at radius 3 is 2.32 bits per heavy atom. The van der Waals surface area contributed by atoms with E-state index in [0.29, 0.717) is 18.6 Å². The second-order valence-electron chi connectivity index (χ2n) is 12.4. The summed E-state index contributed by atoms with van der Waals surface area (Å²) in [7, 11) is 2.48. The number of nitriles is 1. The van der Waals surface area contributed by atoms with Crippen molar-refractivity contribution in [1.29, 1.82) is 5.26 Å². The number of rotatable bonds is 7. The molecule has 0 amide bonds. The van der Waals surface area contributed by atoms with Gasteiger partial charge < -0.3 is 37.9 Å². The smallest absolute Gasteiger partial charge is 0.231 e. The molecule has 3 atom stereocenters. The van der Waals surface area contributed by atoms with Crippen molar-refractivity contribution in [2.45, 2.75) is 63.2 Å². The van der Waals surface area contributed by atoms with E-state index < -0.39 is 0 Å². The second kappa shape index (κ2) is 11.1. The van der Waals surface area contributed by atoms with E-state index in [9.17, 15) is 5.26 Å². The van der Waals surface area contributed by atoms with Crippen LogP contribution in [0.4, 0.5) is 0 Å². The van der Waals surface area contributed by atoms with E-state index in [4.69, 9.17) is 9.47 Å². The van der Waals surface area contributed by atoms with Crippen LogP contribution in [-0.4, -0.2) is 38.0 Å². The summed E-state index contributed by atoms with van der Waals surface area (Å²) >= 11 is 0. The molecular weight excluding hydrogens is 571 g/mol. The number of hydrogen-bond donors (Lipinski definition) is 0. The monoisotopic (exact) mass is 612 g/mol. The summed E-state index contributed by atoms with van der Waals surface area (Å²) in [6.45, 7) is 4.02. The van der Waals surface area contributed by atoms with Gasteiger partial charge in [0.05, 0.1) is 38.2 Å². The molecule has 2 heterocycles. The molecule has 0 spiro atoms. The van der Waals surface area contributed by atoms with Crippen molar-refractivity contribution >= 4 is 0 Å². The average molecular weight is 613 g/mol. The Kier molecular flexibility index (Phi) is 8.07. The third kappa shape index (κ3) is 5.26. The second-order valence-corrected chi connectivity index (χ2v) is 12.4. The summed E-state index contributed by atoms with van der Waals surface area (Å²) in [6.07, 6.45) is 11.2. The number of likely N-dealkylation sites (tertiary alicyclic amines) is 1. The predicted octanol–water partition coefficient (Wildman–Crippen LogP) is 3.50. The first-order valence-electron chi connectivity index (χ1n) is 14.3. The van der Waals surface area contributed by atoms with Crippen LogP contribution in [-0.2, 0) is 11.8 Å². The fraction of sp³-hybridized carbons (Fsp3) is 0.594. The van der Waals surface area contributed by atoms with Crippen molar-refractivity contribution in [2.24, 2.45) is 23.7 Å². The first-order chi connectivity index (χ1) is 17.6. The molecule has 2 saturated carbocycles. The van der Waals surface area contributed by atoms with Crippen molar-refractivity contribution in [3.63, 3.8) is 0 Å². The van der Waals surface area contributed by atoms with Gasteiger partial charge in [0.25, 0.3) is 0 Å². The standard InChI is InChI=1S/C32H41N2O2.HI/c1-34(17-16-24-12-15-30-31(18-24)36-23-35-30)20-25-13-14-26(21-34)29(25)19-32(22-33,27-8-4-2-5-9-27)28-10-6-3-7-11-28;/h2,4-5,8-9,12,15,18,25-26,28-29H,3,6-7,10-11,13-14,16-17,19-21,23H2,1H3;1H/q+1;/p-1. The Labute approximate surface area is 239 Å². The number of halogens is 1. The maximum Gasteiger partial charge on any atom is 0.231 e. The van der Waals surface area contributed by atoms with Gasteiger partial charge in [-0.3, -0.25) is 0 Å². The Morgan fingerprint density at radius 1 is 0.919 bits per heavy atom. The average Bonchev–Trinajstić information content (AvgIpc) is 3.48. The van der Waals surface area contributed by atoms with E-state index in [2.05, 4.69) is 61.6 Å². The highest BCUT2D eigenvalue weighted by Crippen LogP contribution is 2.53. The zero-order valence-electron chi connectivity index (χ0n) is 22.2. The third-order valence-corrected chi connectivity index (χ3v) is 10.2. The molecule has 0 aromatic heterocycles. The lowest BCUT2D eigenvalue weighted by atomic mass is 9.60. The molecule has 2 aliphatic heterocycles. The highest BCUT2D eigenvalue weighted by atomic mass is 127. The fourth-order valence-electron chi connectivity index (χ4n) is 8.34. The van der Waals surface area contributed by atoms with E-state index in [1.165, 1.54) is 75.7 Å². The molecule has 2 aliphatic carbocycles. The van der Waals surface area contributed by atoms with Crippen LogP contribution in [0.15, 0.2) is 48.5 Å². The van der Waals surface area contributed by atoms with E-state index in [-0.39, 0.29) is 29.4 Å². The maximum atomic E-state index is 10.8. The molecule has 37 heavy (non-hydrogen) atoms. The lowest BCUT2D eigenvalue weighted by Crippen LogP contribution is -3.00. The number of piperidine rings is 1. The van der Waals surface area contributed by atoms with Crippen molar-refractivity contribution in [3.05, 3.63) is 59.7 Å². The first-order valence-corrected chi connectivity index (χ1v) is 14.3. The highest BCUT2D eigenvalue weighted by molar-refractivity contribution is 5.44. The largest absolute Gasteiger partial charge is 1.00 e. The van der Waals surface area contributed by atoms with Gasteiger partial charge in [-0.05, 0) is 67.2 Å². The molecule has 5 heteroatoms. The Balaban J connectivity index is 0.00000280. The van der Waals surface area contributed by atoms with Crippen molar-refractivity contribution in [1.82, 2.24) is 0 Å². The van der Waals surface area contributed by atoms with Crippen LogP contribution < -0.4 is 33.5 Å². The minimum atomic E-state index is -0.319. The number of nitrogens with zero attached hydrogens (tertiary/aromatic N) is 2. The van der Waals surface area contributed by atoms with Gasteiger partial charge >= 0.3 is 0 Å². The lowest BCUT2D eigenvalue weighted by Gasteiger charge is -2.48. The number of quaternary nitrogens is 1. The van der Waals surface area contributed by atoms with Gasteiger partial charge in [0, 0.05) is 18.3 Å². The molecule has 198 valence electrons. The van der Waals surface area contributed by atoms with Crippen molar-refractivity contribution in [3.8, 4) is 17.6 Å². The molecule has 3 unspecified atom stereocenters. The number of fused-ring (bicyclic) bond motifs is 3. The van der Waals surface area contributed by atoms with E-state index >= 15 is 0 Å². The molecule has 4 nitrogen and oxygen atoms in total. The van der Waals surface area contributed by atoms with Gasteiger partial charge in [0.1, 0.15) is 0 Å². The molecule has 0 N–H and O–H groups in total. The summed E-state index contributed by atoms with van der Waals surface area (Å²) in [5, 5.41) is 10.8. The van der Waals surface area contributed by atoms with Gasteiger partial charge in [0.15, 0.2) is 11.5 Å². The van der Waals surface area contributed by atoms with Crippen LogP contribution in [0.2, 0.25) is 0 Å². The van der Waals surface area contributed by atoms with Gasteiger partial charge in [-0.2, -0.15) is 5.26 Å². The summed E-state index contributed by atoms with van der Waals surface area (Å²) in [4.78, 5) is 0. The Morgan fingerprint density at radius 2 is 1.62 bits per heavy atom. The number of benzene rings is 2. The Bertz CT molecular complexity index is 1100. The summed E-state index contributed by atoms with van der Waals surface area (Å²) in [5.41, 5.74) is 2.31. The number of likely N-dealkylation sites (N-methyl/N-ethyl adjacent to an activating group) is 1. The summed E-state index contributed by atoms with van der Waals surface area (Å²) in [6, 6.07) is 20.3. The Hall–Kier alpha value is -1.78. The quantitative estimate of drug-likeness (QED) is 0.356. The fourth-order valence-corrected chi connectivity index (χ4v) is 8.34. The molecule has 4 aliphatic rings. The zero-order valence-corrected chi connectivity index (χ0v) is 24.4. The molecule has 2 aromatic rings. The zero-order chi connectivity index (χ0) is 24.6. The molecule has 2 bridgehead atoms. The lowest BCUT2D eigenvalue weighted by molar-refractivity contribution is -0.920. The molecular formula is C32H41IN2O2. The number of hydrogen-bond acceptors (Lipinski definition) is 3. The molecule has 0 radical (unpaired) electrons. The van der Waals surface area contributed by atoms with Crippen LogP contribution in [0, 0.1) is 35.0 Å². The summed E-state index contributed by atoms with van der Waals surface area (Å²) < 4.78 is 12.3. The molecule has 3 fully saturated rings. The minimum Gasteiger partial charge on any atom is -1.00 e. The van der Waals surface area contributed by atoms with Crippen molar-refractivity contribution < 1.29 is 37.9 Å². The normalized spacial score (nSPS) is 30.2. The third-order valence-electron chi connectivity index (χ3n) is 10.2. The van der Waals surface area contributed by atoms with Crippen molar-refractivity contribution in [2.75, 3.05) is 33.5 Å². The van der Waals surface area contributed by atoms with Crippen LogP contribution in [0.3, 0.4) is 0 Å². The van der Waals surface area contributed by atoms with Crippen LogP contribution in [0.5, 0.6) is 11.5 Å². The molecule has 6 rings (SSSR count). The van der Waals surface area contributed by atoms with E-state index in [1.807, 2.05) is 0 Å².